The summed E-state index contributed by atoms with van der Waals surface area (Å²) in [4.78, 5) is 23.0. The number of anilines is 2. The molecule has 1 aliphatic heterocycles. The van der Waals surface area contributed by atoms with Crippen molar-refractivity contribution >= 4 is 17.5 Å². The first-order chi connectivity index (χ1) is 12.5. The summed E-state index contributed by atoms with van der Waals surface area (Å²) < 4.78 is 5.81. The summed E-state index contributed by atoms with van der Waals surface area (Å²) in [6.45, 7) is 2.94. The Morgan fingerprint density at radius 1 is 1.27 bits per heavy atom. The maximum atomic E-state index is 12.3. The predicted molar refractivity (Wildman–Crippen MR) is 102 cm³/mol. The van der Waals surface area contributed by atoms with E-state index in [0.717, 1.165) is 29.4 Å². The Bertz CT molecular complexity index is 778. The Morgan fingerprint density at radius 3 is 2.88 bits per heavy atom. The number of aryl methyl sites for hydroxylation is 2. The Morgan fingerprint density at radius 2 is 2.08 bits per heavy atom. The van der Waals surface area contributed by atoms with Crippen LogP contribution in [0.1, 0.15) is 17.8 Å². The molecule has 1 atom stereocenters. The molecule has 2 N–H and O–H groups in total. The lowest BCUT2D eigenvalue weighted by Gasteiger charge is -2.25. The van der Waals surface area contributed by atoms with Gasteiger partial charge in [0.2, 0.25) is 0 Å². The maximum Gasteiger partial charge on any atom is 0.261 e. The van der Waals surface area contributed by atoms with Crippen LogP contribution in [0.3, 0.4) is 0 Å². The van der Waals surface area contributed by atoms with Crippen LogP contribution in [0.2, 0.25) is 0 Å². The van der Waals surface area contributed by atoms with Crippen LogP contribution in [0, 0.1) is 6.92 Å². The van der Waals surface area contributed by atoms with Gasteiger partial charge in [-0.05, 0) is 31.4 Å². The number of nitrogens with zero attached hydrogens (tertiary/aromatic N) is 3. The van der Waals surface area contributed by atoms with Gasteiger partial charge < -0.3 is 20.3 Å². The van der Waals surface area contributed by atoms with Crippen molar-refractivity contribution in [1.29, 1.82) is 0 Å². The highest BCUT2D eigenvalue weighted by Crippen LogP contribution is 2.26. The molecular weight excluding hydrogens is 330 g/mol. The van der Waals surface area contributed by atoms with Crippen molar-refractivity contribution in [2.75, 3.05) is 37.4 Å². The summed E-state index contributed by atoms with van der Waals surface area (Å²) in [6, 6.07) is 9.75. The van der Waals surface area contributed by atoms with Gasteiger partial charge >= 0.3 is 0 Å². The van der Waals surface area contributed by atoms with Gasteiger partial charge in [0.1, 0.15) is 23.2 Å². The number of hydrogen-bond acceptors (Lipinski definition) is 6. The number of amides is 1. The van der Waals surface area contributed by atoms with Gasteiger partial charge in [-0.25, -0.2) is 9.97 Å². The molecule has 0 saturated heterocycles. The highest BCUT2D eigenvalue weighted by Gasteiger charge is 2.25. The van der Waals surface area contributed by atoms with E-state index in [0.29, 0.717) is 25.3 Å². The number of carbonyl (C=O) groups is 1. The van der Waals surface area contributed by atoms with Gasteiger partial charge in [0.25, 0.3) is 5.91 Å². The van der Waals surface area contributed by atoms with Crippen molar-refractivity contribution in [3.05, 3.63) is 41.7 Å². The molecule has 26 heavy (non-hydrogen) atoms. The van der Waals surface area contributed by atoms with E-state index in [1.54, 1.807) is 0 Å². The van der Waals surface area contributed by atoms with Crippen LogP contribution in [-0.2, 0) is 11.2 Å². The summed E-state index contributed by atoms with van der Waals surface area (Å²) in [6.07, 6.45) is 1.14. The molecule has 3 rings (SSSR count). The molecule has 0 aliphatic carbocycles. The second kappa shape index (κ2) is 8.03. The van der Waals surface area contributed by atoms with Gasteiger partial charge in [-0.3, -0.25) is 4.79 Å². The van der Waals surface area contributed by atoms with Gasteiger partial charge in [0.05, 0.1) is 0 Å². The van der Waals surface area contributed by atoms with Crippen molar-refractivity contribution in [3.8, 4) is 5.75 Å². The van der Waals surface area contributed by atoms with Crippen LogP contribution in [0.5, 0.6) is 5.75 Å². The van der Waals surface area contributed by atoms with Crippen molar-refractivity contribution in [2.24, 2.45) is 0 Å². The standard InChI is InChI=1S/C19H25N5O2/c1-13-22-17(12-18(23-13)24(2)3)20-10-11-21-19(25)16-9-8-14-6-4-5-7-15(14)26-16/h4-7,12,16H,8-11H2,1-3H3,(H,21,25)(H,20,22,23). The Balaban J connectivity index is 1.46. The largest absolute Gasteiger partial charge is 0.480 e. The van der Waals surface area contributed by atoms with Crippen LogP contribution in [-0.4, -0.2) is 49.2 Å². The number of hydrogen-bond donors (Lipinski definition) is 2. The van der Waals surface area contributed by atoms with Gasteiger partial charge in [-0.2, -0.15) is 0 Å². The topological polar surface area (TPSA) is 79.4 Å². The minimum atomic E-state index is -0.425. The fraction of sp³-hybridized carbons (Fsp3) is 0.421. The Kier molecular flexibility index (Phi) is 5.55. The molecule has 0 fully saturated rings. The SMILES string of the molecule is Cc1nc(NCCNC(=O)C2CCc3ccccc3O2)cc(N(C)C)n1. The van der Waals surface area contributed by atoms with Crippen molar-refractivity contribution in [2.45, 2.75) is 25.9 Å². The summed E-state index contributed by atoms with van der Waals surface area (Å²) in [5, 5.41) is 6.15. The molecule has 0 bridgehead atoms. The zero-order valence-corrected chi connectivity index (χ0v) is 15.5. The molecule has 0 saturated carbocycles. The van der Waals surface area contributed by atoms with E-state index in [1.807, 2.05) is 56.3 Å². The molecule has 2 aromatic rings. The Hall–Kier alpha value is -2.83. The highest BCUT2D eigenvalue weighted by atomic mass is 16.5. The van der Waals surface area contributed by atoms with Gasteiger partial charge in [-0.15, -0.1) is 0 Å². The zero-order chi connectivity index (χ0) is 18.5. The Labute approximate surface area is 153 Å². The third-order valence-electron chi connectivity index (χ3n) is 4.22. The van der Waals surface area contributed by atoms with E-state index in [4.69, 9.17) is 4.74 Å². The molecule has 138 valence electrons. The van der Waals surface area contributed by atoms with Gasteiger partial charge in [0, 0.05) is 33.3 Å². The number of carbonyl (C=O) groups excluding carboxylic acids is 1. The quantitative estimate of drug-likeness (QED) is 0.769. The van der Waals surface area contributed by atoms with E-state index in [2.05, 4.69) is 20.6 Å². The van der Waals surface area contributed by atoms with Crippen molar-refractivity contribution in [1.82, 2.24) is 15.3 Å². The van der Waals surface area contributed by atoms with Crippen LogP contribution in [0.4, 0.5) is 11.6 Å². The molecule has 0 radical (unpaired) electrons. The van der Waals surface area contributed by atoms with E-state index in [-0.39, 0.29) is 5.91 Å². The summed E-state index contributed by atoms with van der Waals surface area (Å²) in [5.74, 6) is 3.03. The monoisotopic (exact) mass is 355 g/mol. The maximum absolute atomic E-state index is 12.3. The van der Waals surface area contributed by atoms with Crippen molar-refractivity contribution < 1.29 is 9.53 Å². The van der Waals surface area contributed by atoms with Gasteiger partial charge in [0.15, 0.2) is 6.10 Å². The summed E-state index contributed by atoms with van der Waals surface area (Å²) in [7, 11) is 3.88. The zero-order valence-electron chi connectivity index (χ0n) is 15.5. The molecule has 1 aromatic carbocycles. The van der Waals surface area contributed by atoms with Crippen molar-refractivity contribution in [3.63, 3.8) is 0 Å². The van der Waals surface area contributed by atoms with Gasteiger partial charge in [-0.1, -0.05) is 18.2 Å². The third-order valence-corrected chi connectivity index (χ3v) is 4.22. The van der Waals surface area contributed by atoms with Crippen LogP contribution in [0.15, 0.2) is 30.3 Å². The number of rotatable bonds is 6. The van der Waals surface area contributed by atoms with E-state index in [9.17, 15) is 4.79 Å². The third kappa shape index (κ3) is 4.41. The second-order valence-electron chi connectivity index (χ2n) is 6.52. The fourth-order valence-corrected chi connectivity index (χ4v) is 2.87. The van der Waals surface area contributed by atoms with E-state index >= 15 is 0 Å². The molecule has 1 aliphatic rings. The lowest BCUT2D eigenvalue weighted by atomic mass is 10.0. The lowest BCUT2D eigenvalue weighted by Crippen LogP contribution is -2.42. The molecule has 1 aromatic heterocycles. The summed E-state index contributed by atoms with van der Waals surface area (Å²) in [5.41, 5.74) is 1.16. The minimum Gasteiger partial charge on any atom is -0.480 e. The fourth-order valence-electron chi connectivity index (χ4n) is 2.87. The number of benzene rings is 1. The second-order valence-corrected chi connectivity index (χ2v) is 6.52. The van der Waals surface area contributed by atoms with E-state index in [1.165, 1.54) is 0 Å². The van der Waals surface area contributed by atoms with Crippen LogP contribution < -0.4 is 20.3 Å². The lowest BCUT2D eigenvalue weighted by molar-refractivity contribution is -0.128. The van der Waals surface area contributed by atoms with Crippen LogP contribution >= 0.6 is 0 Å². The predicted octanol–water partition coefficient (Wildman–Crippen LogP) is 1.77. The first kappa shape index (κ1) is 18.0. The number of fused-ring (bicyclic) bond motifs is 1. The molecule has 1 unspecified atom stereocenters. The first-order valence-corrected chi connectivity index (χ1v) is 8.82. The average Bonchev–Trinajstić information content (AvgIpc) is 2.64. The molecule has 7 heteroatoms. The minimum absolute atomic E-state index is 0.0749. The smallest absolute Gasteiger partial charge is 0.261 e. The molecule has 2 heterocycles. The summed E-state index contributed by atoms with van der Waals surface area (Å²) >= 11 is 0. The number of nitrogens with one attached hydrogen (secondary N) is 2. The molecule has 7 nitrogen and oxygen atoms in total. The number of ether oxygens (including phenoxy) is 1. The van der Waals surface area contributed by atoms with E-state index < -0.39 is 6.10 Å². The molecule has 1 amide bonds. The normalized spacial score (nSPS) is 15.6. The first-order valence-electron chi connectivity index (χ1n) is 8.82. The average molecular weight is 355 g/mol. The highest BCUT2D eigenvalue weighted by molar-refractivity contribution is 5.81. The molecule has 0 spiro atoms. The van der Waals surface area contributed by atoms with Crippen LogP contribution in [0.25, 0.3) is 0 Å². The molecular formula is C19H25N5O2. The number of para-hydroxylation sites is 1. The number of aromatic nitrogens is 2.